The van der Waals surface area contributed by atoms with Crippen molar-refractivity contribution < 1.29 is 0 Å². The zero-order valence-electron chi connectivity index (χ0n) is 11.4. The van der Waals surface area contributed by atoms with Crippen molar-refractivity contribution in [2.75, 3.05) is 31.5 Å². The molecule has 0 bridgehead atoms. The van der Waals surface area contributed by atoms with E-state index in [4.69, 9.17) is 0 Å². The van der Waals surface area contributed by atoms with E-state index in [-0.39, 0.29) is 0 Å². The third kappa shape index (κ3) is 2.39. The van der Waals surface area contributed by atoms with E-state index in [1.54, 1.807) is 0 Å². The van der Waals surface area contributed by atoms with Crippen LogP contribution in [0.2, 0.25) is 0 Å². The smallest absolute Gasteiger partial charge is 0.0376 e. The molecule has 1 N–H and O–H groups in total. The molecular weight excluding hydrogens is 220 g/mol. The average molecular weight is 244 g/mol. The van der Waals surface area contributed by atoms with Crippen LogP contribution in [-0.4, -0.2) is 31.1 Å². The molecule has 1 fully saturated rings. The van der Waals surface area contributed by atoms with Crippen molar-refractivity contribution in [3.05, 3.63) is 29.8 Å². The lowest BCUT2D eigenvalue weighted by Crippen LogP contribution is -2.35. The third-order valence-electron chi connectivity index (χ3n) is 4.61. The molecule has 1 saturated carbocycles. The minimum Gasteiger partial charge on any atom is -0.384 e. The Bertz CT molecular complexity index is 398. The van der Waals surface area contributed by atoms with Gasteiger partial charge in [0.1, 0.15) is 0 Å². The zero-order valence-corrected chi connectivity index (χ0v) is 11.4. The first-order valence-electron chi connectivity index (χ1n) is 7.42. The van der Waals surface area contributed by atoms with E-state index in [1.165, 1.54) is 50.1 Å². The Kier molecular flexibility index (Phi) is 3.55. The van der Waals surface area contributed by atoms with E-state index in [0.29, 0.717) is 5.92 Å². The highest BCUT2D eigenvalue weighted by molar-refractivity contribution is 5.57. The minimum atomic E-state index is 0.682. The summed E-state index contributed by atoms with van der Waals surface area (Å²) in [6.07, 6.45) is 4.36. The van der Waals surface area contributed by atoms with Crippen molar-refractivity contribution in [2.45, 2.75) is 32.1 Å². The number of nitrogens with one attached hydrogen (secondary N) is 1. The molecule has 2 nitrogen and oxygen atoms in total. The van der Waals surface area contributed by atoms with Gasteiger partial charge >= 0.3 is 0 Å². The van der Waals surface area contributed by atoms with Crippen molar-refractivity contribution in [1.82, 2.24) is 4.90 Å². The summed E-state index contributed by atoms with van der Waals surface area (Å²) in [6, 6.07) is 8.79. The average Bonchev–Trinajstić information content (AvgIpc) is 2.75. The molecule has 98 valence electrons. The van der Waals surface area contributed by atoms with E-state index >= 15 is 0 Å². The van der Waals surface area contributed by atoms with Crippen molar-refractivity contribution in [2.24, 2.45) is 5.92 Å². The highest BCUT2D eigenvalue weighted by Crippen LogP contribution is 2.33. The fourth-order valence-corrected chi connectivity index (χ4v) is 3.20. The largest absolute Gasteiger partial charge is 0.384 e. The summed E-state index contributed by atoms with van der Waals surface area (Å²) in [5.41, 5.74) is 2.87. The third-order valence-corrected chi connectivity index (χ3v) is 4.61. The van der Waals surface area contributed by atoms with Crippen LogP contribution in [0.15, 0.2) is 24.3 Å². The van der Waals surface area contributed by atoms with E-state index in [0.717, 1.165) is 12.5 Å². The first-order chi connectivity index (χ1) is 8.86. The molecule has 0 saturated heterocycles. The number of rotatable bonds is 5. The second kappa shape index (κ2) is 5.31. The molecule has 0 spiro atoms. The van der Waals surface area contributed by atoms with Gasteiger partial charge < -0.3 is 10.2 Å². The second-order valence-electron chi connectivity index (χ2n) is 5.81. The molecular formula is C16H24N2. The molecule has 0 radical (unpaired) electrons. The van der Waals surface area contributed by atoms with Gasteiger partial charge in [-0.1, -0.05) is 31.5 Å². The first kappa shape index (κ1) is 12.0. The zero-order chi connectivity index (χ0) is 12.4. The highest BCUT2D eigenvalue weighted by Gasteiger charge is 2.26. The van der Waals surface area contributed by atoms with Gasteiger partial charge in [-0.15, -0.1) is 0 Å². The Morgan fingerprint density at radius 1 is 1.22 bits per heavy atom. The van der Waals surface area contributed by atoms with Crippen LogP contribution >= 0.6 is 0 Å². The van der Waals surface area contributed by atoms with Gasteiger partial charge in [0.15, 0.2) is 0 Å². The van der Waals surface area contributed by atoms with Gasteiger partial charge in [-0.25, -0.2) is 0 Å². The summed E-state index contributed by atoms with van der Waals surface area (Å²) in [5.74, 6) is 1.66. The molecule has 1 aromatic carbocycles. The van der Waals surface area contributed by atoms with E-state index in [2.05, 4.69) is 41.4 Å². The van der Waals surface area contributed by atoms with Gasteiger partial charge in [0.05, 0.1) is 0 Å². The van der Waals surface area contributed by atoms with Crippen molar-refractivity contribution in [3.8, 4) is 0 Å². The Labute approximate surface area is 110 Å². The van der Waals surface area contributed by atoms with Crippen molar-refractivity contribution >= 4 is 5.69 Å². The summed E-state index contributed by atoms with van der Waals surface area (Å²) in [4.78, 5) is 2.65. The van der Waals surface area contributed by atoms with Crippen LogP contribution in [0.1, 0.15) is 37.7 Å². The Morgan fingerprint density at radius 3 is 2.78 bits per heavy atom. The predicted molar refractivity (Wildman–Crippen MR) is 77.1 cm³/mol. The number of likely N-dealkylation sites (N-methyl/N-ethyl adjacent to an activating group) is 1. The fraction of sp³-hybridized carbons (Fsp3) is 0.625. The molecule has 18 heavy (non-hydrogen) atoms. The number of para-hydroxylation sites is 1. The molecule has 0 aromatic heterocycles. The van der Waals surface area contributed by atoms with Gasteiger partial charge in [0, 0.05) is 31.2 Å². The molecule has 1 aromatic rings. The monoisotopic (exact) mass is 244 g/mol. The Hall–Kier alpha value is -1.02. The molecule has 1 heterocycles. The lowest BCUT2D eigenvalue weighted by molar-refractivity contribution is 0.178. The van der Waals surface area contributed by atoms with Crippen LogP contribution in [0.25, 0.3) is 0 Å². The number of anilines is 1. The molecule has 1 aliphatic carbocycles. The predicted octanol–water partition coefficient (Wildman–Crippen LogP) is 3.32. The quantitative estimate of drug-likeness (QED) is 0.855. The molecule has 0 amide bonds. The number of nitrogens with zero attached hydrogens (tertiary/aromatic N) is 1. The van der Waals surface area contributed by atoms with Crippen LogP contribution in [0.5, 0.6) is 0 Å². The number of hydrogen-bond donors (Lipinski definition) is 1. The maximum absolute atomic E-state index is 3.53. The molecule has 2 heteroatoms. The fourth-order valence-electron chi connectivity index (χ4n) is 3.20. The van der Waals surface area contributed by atoms with Crippen molar-refractivity contribution in [3.63, 3.8) is 0 Å². The van der Waals surface area contributed by atoms with Crippen LogP contribution < -0.4 is 5.32 Å². The molecule has 1 atom stereocenters. The summed E-state index contributed by atoms with van der Waals surface area (Å²) in [5, 5.41) is 3.53. The molecule has 1 aliphatic heterocycles. The summed E-state index contributed by atoms with van der Waals surface area (Å²) in [7, 11) is 0. The van der Waals surface area contributed by atoms with Crippen LogP contribution in [0.3, 0.4) is 0 Å². The minimum absolute atomic E-state index is 0.682. The van der Waals surface area contributed by atoms with Gasteiger partial charge in [-0.3, -0.25) is 0 Å². The summed E-state index contributed by atoms with van der Waals surface area (Å²) < 4.78 is 0. The molecule has 1 unspecified atom stereocenters. The summed E-state index contributed by atoms with van der Waals surface area (Å²) in [6.45, 7) is 7.13. The van der Waals surface area contributed by atoms with Crippen LogP contribution in [0, 0.1) is 5.92 Å². The lowest BCUT2D eigenvalue weighted by atomic mass is 9.85. The van der Waals surface area contributed by atoms with Crippen LogP contribution in [0.4, 0.5) is 5.69 Å². The first-order valence-corrected chi connectivity index (χ1v) is 7.42. The van der Waals surface area contributed by atoms with Crippen molar-refractivity contribution in [1.29, 1.82) is 0 Å². The summed E-state index contributed by atoms with van der Waals surface area (Å²) >= 11 is 0. The van der Waals surface area contributed by atoms with Crippen LogP contribution in [-0.2, 0) is 0 Å². The van der Waals surface area contributed by atoms with E-state index < -0.39 is 0 Å². The maximum atomic E-state index is 3.53. The molecule has 3 rings (SSSR count). The van der Waals surface area contributed by atoms with E-state index in [9.17, 15) is 0 Å². The molecule has 2 aliphatic rings. The normalized spacial score (nSPS) is 22.7. The van der Waals surface area contributed by atoms with Gasteiger partial charge in [-0.2, -0.15) is 0 Å². The Balaban J connectivity index is 1.61. The van der Waals surface area contributed by atoms with E-state index in [1.807, 2.05) is 0 Å². The number of fused-ring (bicyclic) bond motifs is 1. The second-order valence-corrected chi connectivity index (χ2v) is 5.81. The highest BCUT2D eigenvalue weighted by atomic mass is 15.1. The maximum Gasteiger partial charge on any atom is 0.0376 e. The SMILES string of the molecule is CCN(CC1CCC1)CC1CNc2ccccc21. The van der Waals surface area contributed by atoms with Gasteiger partial charge in [0.25, 0.3) is 0 Å². The topological polar surface area (TPSA) is 15.3 Å². The lowest BCUT2D eigenvalue weighted by Gasteiger charge is -2.33. The number of benzene rings is 1. The standard InChI is InChI=1S/C16H24N2/c1-2-18(11-13-6-5-7-13)12-14-10-17-16-9-4-3-8-15(14)16/h3-4,8-9,13-14,17H,2,5-7,10-12H2,1H3. The Morgan fingerprint density at radius 2 is 2.06 bits per heavy atom. The van der Waals surface area contributed by atoms with Gasteiger partial charge in [-0.05, 0) is 36.9 Å². The van der Waals surface area contributed by atoms with Gasteiger partial charge in [0.2, 0.25) is 0 Å². The number of hydrogen-bond acceptors (Lipinski definition) is 2.